The largest absolute Gasteiger partial charge is 0.508 e. The first-order valence-electron chi connectivity index (χ1n) is 31.0. The van der Waals surface area contributed by atoms with E-state index >= 15 is 0 Å². The van der Waals surface area contributed by atoms with E-state index in [1.165, 1.54) is 33.8 Å². The number of amides is 8. The molecule has 4 aliphatic heterocycles. The number of aromatic hydroxyl groups is 1. The molecule has 14 nitrogen and oxygen atoms in total. The average Bonchev–Trinajstić information content (AvgIpc) is 1.67. The number of fused-ring (bicyclic) bond motifs is 4. The molecule has 0 spiro atoms. The maximum atomic E-state index is 12.1. The van der Waals surface area contributed by atoms with Crippen LogP contribution in [0.2, 0.25) is 0 Å². The molecule has 97 heavy (non-hydrogen) atoms. The zero-order valence-corrected chi connectivity index (χ0v) is 62.2. The van der Waals surface area contributed by atoms with E-state index < -0.39 is 0 Å². The van der Waals surface area contributed by atoms with Gasteiger partial charge in [-0.2, -0.15) is 127 Å². The first-order chi connectivity index (χ1) is 46.0. The summed E-state index contributed by atoms with van der Waals surface area (Å²) in [5, 5.41) is 8.63. The van der Waals surface area contributed by atoms with Crippen LogP contribution in [0.25, 0.3) is 0 Å². The summed E-state index contributed by atoms with van der Waals surface area (Å²) >= 11 is 0. The fourth-order valence-corrected chi connectivity index (χ4v) is 9.19. The monoisotopic (exact) mass is 1440 g/mol. The zero-order valence-electron chi connectivity index (χ0n) is 56.6. The van der Waals surface area contributed by atoms with Gasteiger partial charge in [0.2, 0.25) is 0 Å². The number of nitrogens with zero attached hydrogens (tertiary/aromatic N) is 4. The van der Waals surface area contributed by atoms with Crippen molar-refractivity contribution in [3.8, 4) is 17.2 Å². The summed E-state index contributed by atoms with van der Waals surface area (Å²) in [7, 11) is 5.85. The Labute approximate surface area is 621 Å². The number of aryl methyl sites for hydroxylation is 1. The van der Waals surface area contributed by atoms with E-state index in [4.69, 9.17) is 9.84 Å². The van der Waals surface area contributed by atoms with Crippen LogP contribution in [-0.2, 0) is 78.3 Å². The van der Waals surface area contributed by atoms with Gasteiger partial charge in [-0.05, 0) is 108 Å². The van der Waals surface area contributed by atoms with Crippen molar-refractivity contribution in [2.45, 2.75) is 61.3 Å². The molecule has 0 aromatic heterocycles. The Morgan fingerprint density at radius 2 is 0.536 bits per heavy atom. The minimum atomic E-state index is -0.307. The van der Waals surface area contributed by atoms with Gasteiger partial charge in [0, 0.05) is 99.4 Å². The van der Waals surface area contributed by atoms with Gasteiger partial charge in [-0.25, -0.2) is 0 Å². The third kappa shape index (κ3) is 23.4. The van der Waals surface area contributed by atoms with Gasteiger partial charge < -0.3 is 9.84 Å². The summed E-state index contributed by atoms with van der Waals surface area (Å²) in [6.45, 7) is 14.1. The first-order valence-corrected chi connectivity index (χ1v) is 31.0. The van der Waals surface area contributed by atoms with E-state index in [1.54, 1.807) is 97.1 Å². The third-order valence-electron chi connectivity index (χ3n) is 14.0. The van der Waals surface area contributed by atoms with Crippen molar-refractivity contribution in [3.05, 3.63) is 339 Å². The van der Waals surface area contributed by atoms with E-state index in [1.807, 2.05) is 187 Å². The summed E-state index contributed by atoms with van der Waals surface area (Å²) in [5.41, 5.74) is 7.98. The summed E-state index contributed by atoms with van der Waals surface area (Å²) in [6, 6.07) is 85.3. The quantitative estimate of drug-likeness (QED) is 0.124. The topological polar surface area (TPSA) is 179 Å². The summed E-state index contributed by atoms with van der Waals surface area (Å²) in [5.74, 6) is -0.395. The number of ether oxygens (including phenoxy) is 1. The number of phenols is 1. The number of carbonyl (C=O) groups is 8. The molecule has 8 amide bonds. The van der Waals surface area contributed by atoms with Crippen molar-refractivity contribution < 1.29 is 114 Å². The molecular formula is C81H78N4O10Y2-4. The van der Waals surface area contributed by atoms with Crippen LogP contribution in [-0.4, -0.2) is 100 Å². The molecular weight excluding hydrogens is 1370 g/mol. The zero-order chi connectivity index (χ0) is 69.4. The van der Waals surface area contributed by atoms with Gasteiger partial charge in [0.15, 0.2) is 0 Å². The third-order valence-corrected chi connectivity index (χ3v) is 14.0. The number of benzene rings is 10. The standard InChI is InChI=1S/2C19H14N2O4.C12H9O.C7H7.C6H6O.2C6H5.3C2H6.2Y/c2*1-20-16(22)12-5-3-10(8-14(12)18(20)24)7-11-4-6-13-15(9-11)19(25)21(2)17(13)23;1-3-7-11(8-4-1)13-12-9-5-2-6-10-12;1-7-5-3-2-4-6-7;7-6-4-2-1-3-5-6;2*1-2-4-6-5-3-1;3*1-2;;/h2*3-6,8-9H,7H2,1-2H3;1,3-10H;3-6H,1H3;1-5,7H;2*1-5H;3*1-2H3;;/q;;2*-1;;2*-1;;;;;. The van der Waals surface area contributed by atoms with Crippen molar-refractivity contribution in [1.82, 2.24) is 19.6 Å². The normalized spacial score (nSPS) is 11.9. The molecule has 10 aromatic carbocycles. The van der Waals surface area contributed by atoms with Gasteiger partial charge in [0.1, 0.15) is 11.5 Å². The molecule has 0 saturated heterocycles. The van der Waals surface area contributed by atoms with Crippen LogP contribution in [0, 0.1) is 31.2 Å². The van der Waals surface area contributed by atoms with Crippen LogP contribution in [0.4, 0.5) is 0 Å². The molecule has 16 heteroatoms. The molecule has 2 radical (unpaired) electrons. The molecule has 4 aliphatic rings. The number of hydrogen-bond donors (Lipinski definition) is 1. The Hall–Kier alpha value is -9.43. The fourth-order valence-electron chi connectivity index (χ4n) is 9.19. The first kappa shape index (κ1) is 81.8. The number of carbonyl (C=O) groups excluding carboxylic acids is 8. The summed E-state index contributed by atoms with van der Waals surface area (Å²) in [6.07, 6.45) is 0.994. The molecule has 10 aromatic rings. The van der Waals surface area contributed by atoms with Crippen LogP contribution in [0.3, 0.4) is 0 Å². The van der Waals surface area contributed by atoms with Crippen LogP contribution in [0.15, 0.2) is 243 Å². The van der Waals surface area contributed by atoms with Crippen LogP contribution in [0.1, 0.15) is 152 Å². The SMILES string of the molecule is CC.CC.CC.CN1C(=O)c2ccc(Cc3ccc4c(c3)C(=O)N(C)C4=O)cc2C1=O.CN1C(=O)c2ccc(Cc3ccc4c(c3)C(=O)N(C)C4=O)cc2C1=O.Cc1cc[c-]cc1.Oc1ccccc1.[Y].[Y].[c-]1ccc(Oc2ccccc2)cc1.[c-]1ccccc1.[c-]1ccccc1. The van der Waals surface area contributed by atoms with Gasteiger partial charge in [0.25, 0.3) is 47.3 Å². The number of phenolic OH excluding ortho intramolecular Hbond substituents is 1. The van der Waals surface area contributed by atoms with Gasteiger partial charge in [-0.15, -0.1) is 12.1 Å². The van der Waals surface area contributed by atoms with Gasteiger partial charge >= 0.3 is 0 Å². The molecule has 0 bridgehead atoms. The minimum absolute atomic E-state index is 0. The molecule has 0 unspecified atom stereocenters. The van der Waals surface area contributed by atoms with Gasteiger partial charge in [-0.3, -0.25) is 58.0 Å². The summed E-state index contributed by atoms with van der Waals surface area (Å²) < 4.78 is 5.56. The molecule has 0 aliphatic carbocycles. The molecule has 492 valence electrons. The maximum Gasteiger partial charge on any atom is 0.261 e. The molecule has 0 atom stereocenters. The van der Waals surface area contributed by atoms with Crippen molar-refractivity contribution in [2.24, 2.45) is 0 Å². The summed E-state index contributed by atoms with van der Waals surface area (Å²) in [4.78, 5) is 101. The number of hydrogen-bond acceptors (Lipinski definition) is 10. The Balaban J connectivity index is 0.000000313. The van der Waals surface area contributed by atoms with Crippen LogP contribution in [0.5, 0.6) is 17.2 Å². The van der Waals surface area contributed by atoms with E-state index in [2.05, 4.69) is 31.2 Å². The van der Waals surface area contributed by atoms with Crippen LogP contribution >= 0.6 is 0 Å². The van der Waals surface area contributed by atoms with Gasteiger partial charge in [-0.1, -0.05) is 109 Å². The van der Waals surface area contributed by atoms with Crippen LogP contribution < -0.4 is 4.74 Å². The van der Waals surface area contributed by atoms with E-state index in [0.717, 1.165) is 53.4 Å². The molecule has 14 rings (SSSR count). The Kier molecular flexibility index (Phi) is 36.2. The average molecular weight is 1450 g/mol. The van der Waals surface area contributed by atoms with Crippen molar-refractivity contribution in [1.29, 1.82) is 0 Å². The van der Waals surface area contributed by atoms with Crippen molar-refractivity contribution in [3.63, 3.8) is 0 Å². The number of para-hydroxylation sites is 2. The molecule has 1 N–H and O–H groups in total. The fraction of sp³-hybridized carbons (Fsp3) is 0.160. The predicted molar refractivity (Wildman–Crippen MR) is 372 cm³/mol. The van der Waals surface area contributed by atoms with E-state index in [9.17, 15) is 38.4 Å². The Bertz CT molecular complexity index is 3670. The second-order valence-electron chi connectivity index (χ2n) is 20.3. The molecule has 0 fully saturated rings. The van der Waals surface area contributed by atoms with E-state index in [0.29, 0.717) is 63.1 Å². The minimum Gasteiger partial charge on any atom is -0.508 e. The smallest absolute Gasteiger partial charge is 0.261 e. The maximum absolute atomic E-state index is 12.1. The molecule has 4 heterocycles. The number of rotatable bonds is 6. The van der Waals surface area contributed by atoms with Crippen molar-refractivity contribution >= 4 is 47.3 Å². The van der Waals surface area contributed by atoms with E-state index in [-0.39, 0.29) is 113 Å². The molecule has 0 saturated carbocycles. The van der Waals surface area contributed by atoms with Crippen molar-refractivity contribution in [2.75, 3.05) is 28.2 Å². The van der Waals surface area contributed by atoms with Gasteiger partial charge in [0.05, 0.1) is 44.5 Å². The predicted octanol–water partition coefficient (Wildman–Crippen LogP) is 16.0. The number of imide groups is 4. The Morgan fingerprint density at radius 3 is 0.763 bits per heavy atom. The second-order valence-corrected chi connectivity index (χ2v) is 20.3. The second kappa shape index (κ2) is 42.9. The Morgan fingerprint density at radius 1 is 0.299 bits per heavy atom.